The lowest BCUT2D eigenvalue weighted by molar-refractivity contribution is -0.148. The van der Waals surface area contributed by atoms with Crippen molar-refractivity contribution in [1.29, 1.82) is 0 Å². The molecule has 1 aromatic heterocycles. The number of piperidine rings is 1. The van der Waals surface area contributed by atoms with Gasteiger partial charge in [0, 0.05) is 42.7 Å². The van der Waals surface area contributed by atoms with Crippen LogP contribution in [-0.2, 0) is 16.1 Å². The minimum atomic E-state index is -0.106. The fraction of sp³-hybridized carbons (Fsp3) is 0.565. The molecular weight excluding hydrogens is 382 g/mol. The third-order valence-corrected chi connectivity index (χ3v) is 5.88. The van der Waals surface area contributed by atoms with Crippen molar-refractivity contribution in [1.82, 2.24) is 10.3 Å². The van der Waals surface area contributed by atoms with Gasteiger partial charge in [-0.3, -0.25) is 4.79 Å². The number of carbonyl (C=O) groups excluding carboxylic acids is 1. The number of aromatic nitrogens is 1. The van der Waals surface area contributed by atoms with Crippen molar-refractivity contribution in [2.75, 3.05) is 38.8 Å². The molecule has 0 bridgehead atoms. The zero-order valence-corrected chi connectivity index (χ0v) is 18.1. The smallest absolute Gasteiger partial charge is 0.310 e. The highest BCUT2D eigenvalue weighted by Gasteiger charge is 2.29. The lowest BCUT2D eigenvalue weighted by atomic mass is 9.97. The molecule has 1 N–H and O–H groups in total. The Morgan fingerprint density at radius 1 is 1.17 bits per heavy atom. The van der Waals surface area contributed by atoms with Gasteiger partial charge in [0.15, 0.2) is 11.5 Å². The number of nitrogens with one attached hydrogen (secondary N) is 1. The van der Waals surface area contributed by atoms with E-state index < -0.39 is 0 Å². The summed E-state index contributed by atoms with van der Waals surface area (Å²) in [6, 6.07) is 6.68. The minimum Gasteiger partial charge on any atom is -0.493 e. The molecule has 2 aliphatic rings. The first kappa shape index (κ1) is 20.7. The van der Waals surface area contributed by atoms with Crippen LogP contribution in [-0.4, -0.2) is 50.9 Å². The van der Waals surface area contributed by atoms with Gasteiger partial charge in [0.05, 0.1) is 32.3 Å². The Kier molecular flexibility index (Phi) is 6.27. The number of anilines is 1. The standard InChI is InChI=1S/C23H31N3O4/c1-4-30-23(27)15-6-5-9-26(14-15)22-17(13-24-18-7-8-18)10-16-11-20(28-2)21(29-3)12-19(16)25-22/h10-12,15,18,24H,4-9,13-14H2,1-3H3. The summed E-state index contributed by atoms with van der Waals surface area (Å²) in [5.74, 6) is 2.09. The number of carbonyl (C=O) groups is 1. The molecule has 1 unspecified atom stereocenters. The number of hydrogen-bond acceptors (Lipinski definition) is 7. The molecule has 30 heavy (non-hydrogen) atoms. The van der Waals surface area contributed by atoms with E-state index in [1.165, 1.54) is 12.8 Å². The highest BCUT2D eigenvalue weighted by atomic mass is 16.5. The first-order chi connectivity index (χ1) is 14.6. The van der Waals surface area contributed by atoms with Crippen LogP contribution in [0, 0.1) is 5.92 Å². The third kappa shape index (κ3) is 4.46. The third-order valence-electron chi connectivity index (χ3n) is 5.88. The van der Waals surface area contributed by atoms with Gasteiger partial charge in [-0.25, -0.2) is 4.98 Å². The second-order valence-corrected chi connectivity index (χ2v) is 8.06. The Morgan fingerprint density at radius 3 is 2.63 bits per heavy atom. The summed E-state index contributed by atoms with van der Waals surface area (Å²) in [5.41, 5.74) is 2.00. The summed E-state index contributed by atoms with van der Waals surface area (Å²) >= 11 is 0. The lowest BCUT2D eigenvalue weighted by Gasteiger charge is -2.34. The Labute approximate surface area is 177 Å². The topological polar surface area (TPSA) is 72.9 Å². The Bertz CT molecular complexity index is 913. The van der Waals surface area contributed by atoms with Gasteiger partial charge in [0.25, 0.3) is 0 Å². The molecule has 4 rings (SSSR count). The molecule has 0 amide bonds. The van der Waals surface area contributed by atoms with Crippen molar-refractivity contribution in [3.05, 3.63) is 23.8 Å². The summed E-state index contributed by atoms with van der Waals surface area (Å²) in [7, 11) is 3.28. The van der Waals surface area contributed by atoms with E-state index in [-0.39, 0.29) is 11.9 Å². The Morgan fingerprint density at radius 2 is 1.93 bits per heavy atom. The highest BCUT2D eigenvalue weighted by molar-refractivity contribution is 5.85. The van der Waals surface area contributed by atoms with Crippen molar-refractivity contribution in [2.45, 2.75) is 45.2 Å². The van der Waals surface area contributed by atoms with E-state index in [1.54, 1.807) is 14.2 Å². The van der Waals surface area contributed by atoms with Gasteiger partial charge in [0.2, 0.25) is 0 Å². The van der Waals surface area contributed by atoms with Crippen LogP contribution in [0.5, 0.6) is 11.5 Å². The predicted octanol–water partition coefficient (Wildman–Crippen LogP) is 3.28. The fourth-order valence-electron chi connectivity index (χ4n) is 4.10. The summed E-state index contributed by atoms with van der Waals surface area (Å²) in [4.78, 5) is 19.6. The van der Waals surface area contributed by atoms with E-state index in [2.05, 4.69) is 16.3 Å². The summed E-state index contributed by atoms with van der Waals surface area (Å²) in [6.07, 6.45) is 4.28. The van der Waals surface area contributed by atoms with Gasteiger partial charge < -0.3 is 24.4 Å². The van der Waals surface area contributed by atoms with E-state index in [9.17, 15) is 4.79 Å². The summed E-state index contributed by atoms with van der Waals surface area (Å²) in [6.45, 7) is 4.56. The van der Waals surface area contributed by atoms with Gasteiger partial charge in [-0.05, 0) is 44.7 Å². The van der Waals surface area contributed by atoms with E-state index in [1.807, 2.05) is 19.1 Å². The SMILES string of the molecule is CCOC(=O)C1CCCN(c2nc3cc(OC)c(OC)cc3cc2CNC2CC2)C1. The quantitative estimate of drug-likeness (QED) is 0.666. The van der Waals surface area contributed by atoms with Gasteiger partial charge >= 0.3 is 5.97 Å². The maximum absolute atomic E-state index is 12.3. The van der Waals surface area contributed by atoms with Crippen LogP contribution in [0.25, 0.3) is 10.9 Å². The van der Waals surface area contributed by atoms with Gasteiger partial charge in [-0.1, -0.05) is 0 Å². The number of benzene rings is 1. The largest absolute Gasteiger partial charge is 0.493 e. The van der Waals surface area contributed by atoms with Crippen molar-refractivity contribution in [3.63, 3.8) is 0 Å². The van der Waals surface area contributed by atoms with Crippen LogP contribution in [0.3, 0.4) is 0 Å². The monoisotopic (exact) mass is 413 g/mol. The first-order valence-electron chi connectivity index (χ1n) is 10.8. The molecule has 2 fully saturated rings. The number of rotatable bonds is 8. The molecule has 1 saturated heterocycles. The Hall–Kier alpha value is -2.54. The van der Waals surface area contributed by atoms with E-state index in [4.69, 9.17) is 19.2 Å². The van der Waals surface area contributed by atoms with E-state index >= 15 is 0 Å². The van der Waals surface area contributed by atoms with Crippen LogP contribution >= 0.6 is 0 Å². The zero-order valence-electron chi connectivity index (χ0n) is 18.1. The summed E-state index contributed by atoms with van der Waals surface area (Å²) in [5, 5.41) is 4.62. The number of esters is 1. The van der Waals surface area contributed by atoms with Crippen molar-refractivity contribution in [2.24, 2.45) is 5.92 Å². The van der Waals surface area contributed by atoms with Gasteiger partial charge in [-0.15, -0.1) is 0 Å². The number of hydrogen-bond donors (Lipinski definition) is 1. The zero-order chi connectivity index (χ0) is 21.1. The molecule has 2 heterocycles. The molecule has 0 radical (unpaired) electrons. The first-order valence-corrected chi connectivity index (χ1v) is 10.8. The maximum Gasteiger partial charge on any atom is 0.310 e. The minimum absolute atomic E-state index is 0.105. The van der Waals surface area contributed by atoms with Crippen molar-refractivity contribution < 1.29 is 19.0 Å². The van der Waals surface area contributed by atoms with Crippen LogP contribution in [0.2, 0.25) is 0 Å². The molecule has 1 aromatic carbocycles. The lowest BCUT2D eigenvalue weighted by Crippen LogP contribution is -2.40. The molecule has 1 aliphatic carbocycles. The normalized spacial score (nSPS) is 19.0. The van der Waals surface area contributed by atoms with E-state index in [0.29, 0.717) is 30.7 Å². The summed E-state index contributed by atoms with van der Waals surface area (Å²) < 4.78 is 16.2. The second kappa shape index (κ2) is 9.08. The molecule has 1 aliphatic heterocycles. The number of methoxy groups -OCH3 is 2. The fourth-order valence-corrected chi connectivity index (χ4v) is 4.10. The van der Waals surface area contributed by atoms with Crippen LogP contribution in [0.4, 0.5) is 5.82 Å². The van der Waals surface area contributed by atoms with Crippen molar-refractivity contribution >= 4 is 22.7 Å². The van der Waals surface area contributed by atoms with Crippen LogP contribution < -0.4 is 19.7 Å². The predicted molar refractivity (Wildman–Crippen MR) is 116 cm³/mol. The average molecular weight is 414 g/mol. The molecule has 2 aromatic rings. The number of pyridine rings is 1. The van der Waals surface area contributed by atoms with Gasteiger partial charge in [0.1, 0.15) is 5.82 Å². The average Bonchev–Trinajstić information content (AvgIpc) is 3.61. The molecule has 0 spiro atoms. The van der Waals surface area contributed by atoms with Gasteiger partial charge in [-0.2, -0.15) is 0 Å². The molecule has 1 atom stereocenters. The van der Waals surface area contributed by atoms with Crippen LogP contribution in [0.1, 0.15) is 38.2 Å². The number of nitrogens with zero attached hydrogens (tertiary/aromatic N) is 2. The molecule has 1 saturated carbocycles. The maximum atomic E-state index is 12.3. The van der Waals surface area contributed by atoms with Crippen molar-refractivity contribution in [3.8, 4) is 11.5 Å². The van der Waals surface area contributed by atoms with E-state index in [0.717, 1.165) is 48.2 Å². The number of fused-ring (bicyclic) bond motifs is 1. The molecule has 7 heteroatoms. The van der Waals surface area contributed by atoms with Crippen LogP contribution in [0.15, 0.2) is 18.2 Å². The number of ether oxygens (including phenoxy) is 3. The second-order valence-electron chi connectivity index (χ2n) is 8.06. The highest BCUT2D eigenvalue weighted by Crippen LogP contribution is 2.35. The molecule has 7 nitrogen and oxygen atoms in total. The molecular formula is C23H31N3O4. The Balaban J connectivity index is 1.69. The molecule has 162 valence electrons.